The van der Waals surface area contributed by atoms with Crippen molar-refractivity contribution < 1.29 is 9.53 Å². The average Bonchev–Trinajstić information content (AvgIpc) is 2.23. The zero-order valence-corrected chi connectivity index (χ0v) is 8.36. The van der Waals surface area contributed by atoms with Crippen LogP contribution in [-0.4, -0.2) is 31.2 Å². The van der Waals surface area contributed by atoms with Crippen LogP contribution in [0.15, 0.2) is 24.3 Å². The number of hydrogen-bond acceptors (Lipinski definition) is 2. The lowest BCUT2D eigenvalue weighted by atomic mass is 9.98. The summed E-state index contributed by atoms with van der Waals surface area (Å²) < 4.78 is 5.24. The quantitative estimate of drug-likeness (QED) is 0.669. The molecule has 0 saturated carbocycles. The highest BCUT2D eigenvalue weighted by Crippen LogP contribution is 2.21. The number of hydrogen-bond donors (Lipinski definition) is 0. The first-order chi connectivity index (χ1) is 6.74. The first-order valence-electron chi connectivity index (χ1n) is 4.62. The standard InChI is InChI=1S/C11H13NO2/c1-12-10(14-2)7-8-5-3-4-6-9(8)11(12)13/h3-6,10H,7H2,1-2H3. The number of fused-ring (bicyclic) bond motifs is 1. The van der Waals surface area contributed by atoms with E-state index >= 15 is 0 Å². The summed E-state index contributed by atoms with van der Waals surface area (Å²) in [5, 5.41) is 0. The van der Waals surface area contributed by atoms with E-state index in [1.165, 1.54) is 0 Å². The summed E-state index contributed by atoms with van der Waals surface area (Å²) in [5.74, 6) is 0.0405. The van der Waals surface area contributed by atoms with Gasteiger partial charge in [-0.25, -0.2) is 0 Å². The average molecular weight is 191 g/mol. The van der Waals surface area contributed by atoms with Crippen LogP contribution >= 0.6 is 0 Å². The molecule has 2 rings (SSSR count). The molecular weight excluding hydrogens is 178 g/mol. The van der Waals surface area contributed by atoms with Gasteiger partial charge in [0.2, 0.25) is 0 Å². The van der Waals surface area contributed by atoms with E-state index in [1.807, 2.05) is 24.3 Å². The van der Waals surface area contributed by atoms with Crippen molar-refractivity contribution in [3.05, 3.63) is 35.4 Å². The molecule has 1 heterocycles. The summed E-state index contributed by atoms with van der Waals surface area (Å²) in [6, 6.07) is 7.67. The maximum absolute atomic E-state index is 11.8. The predicted molar refractivity (Wildman–Crippen MR) is 53.0 cm³/mol. The minimum Gasteiger partial charge on any atom is -0.361 e. The fraction of sp³-hybridized carbons (Fsp3) is 0.364. The summed E-state index contributed by atoms with van der Waals surface area (Å²) in [5.41, 5.74) is 1.87. The number of benzene rings is 1. The van der Waals surface area contributed by atoms with Crippen molar-refractivity contribution in [2.45, 2.75) is 12.6 Å². The molecule has 1 aliphatic rings. The van der Waals surface area contributed by atoms with E-state index in [2.05, 4.69) is 0 Å². The number of rotatable bonds is 1. The van der Waals surface area contributed by atoms with E-state index in [9.17, 15) is 4.79 Å². The van der Waals surface area contributed by atoms with Crippen molar-refractivity contribution in [3.8, 4) is 0 Å². The number of carbonyl (C=O) groups excluding carboxylic acids is 1. The lowest BCUT2D eigenvalue weighted by Crippen LogP contribution is -2.43. The van der Waals surface area contributed by atoms with Crippen LogP contribution in [-0.2, 0) is 11.2 Å². The van der Waals surface area contributed by atoms with Crippen LogP contribution in [0.4, 0.5) is 0 Å². The van der Waals surface area contributed by atoms with E-state index in [1.54, 1.807) is 19.1 Å². The highest BCUT2D eigenvalue weighted by molar-refractivity contribution is 5.96. The Kier molecular flexibility index (Phi) is 2.25. The normalized spacial score (nSPS) is 20.9. The van der Waals surface area contributed by atoms with Crippen molar-refractivity contribution >= 4 is 5.91 Å². The van der Waals surface area contributed by atoms with Gasteiger partial charge in [-0.05, 0) is 11.6 Å². The summed E-state index contributed by atoms with van der Waals surface area (Å²) in [7, 11) is 3.40. The Bertz CT molecular complexity index is 362. The van der Waals surface area contributed by atoms with Gasteiger partial charge in [0.1, 0.15) is 6.23 Å². The summed E-state index contributed by atoms with van der Waals surface area (Å²) in [4.78, 5) is 13.5. The molecule has 0 aliphatic carbocycles. The fourth-order valence-electron chi connectivity index (χ4n) is 1.79. The molecule has 1 aromatic rings. The van der Waals surface area contributed by atoms with Crippen LogP contribution in [0.2, 0.25) is 0 Å². The summed E-state index contributed by atoms with van der Waals surface area (Å²) in [6.45, 7) is 0. The molecule has 1 aromatic carbocycles. The third-order valence-corrected chi connectivity index (χ3v) is 2.67. The third-order valence-electron chi connectivity index (χ3n) is 2.67. The number of carbonyl (C=O) groups is 1. The van der Waals surface area contributed by atoms with Gasteiger partial charge in [-0.3, -0.25) is 4.79 Å². The van der Waals surface area contributed by atoms with Gasteiger partial charge in [0.15, 0.2) is 0 Å². The van der Waals surface area contributed by atoms with E-state index < -0.39 is 0 Å². The Morgan fingerprint density at radius 3 is 2.86 bits per heavy atom. The van der Waals surface area contributed by atoms with E-state index in [0.717, 1.165) is 17.5 Å². The predicted octanol–water partition coefficient (Wildman–Crippen LogP) is 1.29. The van der Waals surface area contributed by atoms with Gasteiger partial charge >= 0.3 is 0 Å². The van der Waals surface area contributed by atoms with Crippen molar-refractivity contribution in [1.29, 1.82) is 0 Å². The Morgan fingerprint density at radius 1 is 1.43 bits per heavy atom. The second-order valence-corrected chi connectivity index (χ2v) is 3.47. The maximum atomic E-state index is 11.8. The molecule has 0 bridgehead atoms. The van der Waals surface area contributed by atoms with E-state index in [4.69, 9.17) is 4.74 Å². The van der Waals surface area contributed by atoms with Crippen molar-refractivity contribution in [3.63, 3.8) is 0 Å². The van der Waals surface area contributed by atoms with Crippen LogP contribution < -0.4 is 0 Å². The van der Waals surface area contributed by atoms with Crippen LogP contribution in [0.25, 0.3) is 0 Å². The molecule has 14 heavy (non-hydrogen) atoms. The highest BCUT2D eigenvalue weighted by atomic mass is 16.5. The SMILES string of the molecule is COC1Cc2ccccc2C(=O)N1C. The van der Waals surface area contributed by atoms with E-state index in [0.29, 0.717) is 0 Å². The molecule has 0 N–H and O–H groups in total. The number of nitrogens with zero attached hydrogens (tertiary/aromatic N) is 1. The van der Waals surface area contributed by atoms with E-state index in [-0.39, 0.29) is 12.1 Å². The monoisotopic (exact) mass is 191 g/mol. The third kappa shape index (κ3) is 1.30. The lowest BCUT2D eigenvalue weighted by molar-refractivity contribution is -0.0133. The Labute approximate surface area is 83.3 Å². The number of likely N-dealkylation sites (N-methyl/N-ethyl adjacent to an activating group) is 1. The van der Waals surface area contributed by atoms with Crippen molar-refractivity contribution in [2.75, 3.05) is 14.2 Å². The van der Waals surface area contributed by atoms with Gasteiger partial charge in [-0.1, -0.05) is 18.2 Å². The molecule has 3 nitrogen and oxygen atoms in total. The van der Waals surface area contributed by atoms with Crippen LogP contribution in [0.3, 0.4) is 0 Å². The Hall–Kier alpha value is -1.35. The van der Waals surface area contributed by atoms with Crippen LogP contribution in [0, 0.1) is 0 Å². The number of methoxy groups -OCH3 is 1. The minimum atomic E-state index is -0.127. The molecule has 1 amide bonds. The van der Waals surface area contributed by atoms with Gasteiger partial charge in [0, 0.05) is 26.1 Å². The molecule has 0 aromatic heterocycles. The number of amides is 1. The van der Waals surface area contributed by atoms with Gasteiger partial charge in [-0.2, -0.15) is 0 Å². The second kappa shape index (κ2) is 3.42. The highest BCUT2D eigenvalue weighted by Gasteiger charge is 2.28. The molecule has 0 fully saturated rings. The van der Waals surface area contributed by atoms with Crippen molar-refractivity contribution in [1.82, 2.24) is 4.90 Å². The van der Waals surface area contributed by atoms with Gasteiger partial charge < -0.3 is 9.64 Å². The van der Waals surface area contributed by atoms with Crippen LogP contribution in [0.1, 0.15) is 15.9 Å². The Balaban J connectivity index is 2.42. The molecule has 0 spiro atoms. The minimum absolute atomic E-state index is 0.0405. The second-order valence-electron chi connectivity index (χ2n) is 3.47. The molecule has 1 aliphatic heterocycles. The van der Waals surface area contributed by atoms with Gasteiger partial charge in [0.05, 0.1) is 0 Å². The number of ether oxygens (including phenoxy) is 1. The molecule has 1 atom stereocenters. The molecule has 3 heteroatoms. The van der Waals surface area contributed by atoms with Crippen LogP contribution in [0.5, 0.6) is 0 Å². The molecular formula is C11H13NO2. The molecule has 0 saturated heterocycles. The first kappa shape index (κ1) is 9.21. The Morgan fingerprint density at radius 2 is 2.14 bits per heavy atom. The van der Waals surface area contributed by atoms with Gasteiger partial charge in [-0.15, -0.1) is 0 Å². The summed E-state index contributed by atoms with van der Waals surface area (Å²) in [6.07, 6.45) is 0.645. The molecule has 0 radical (unpaired) electrons. The molecule has 74 valence electrons. The first-order valence-corrected chi connectivity index (χ1v) is 4.62. The fourth-order valence-corrected chi connectivity index (χ4v) is 1.79. The molecule has 1 unspecified atom stereocenters. The zero-order chi connectivity index (χ0) is 10.1. The largest absolute Gasteiger partial charge is 0.361 e. The maximum Gasteiger partial charge on any atom is 0.255 e. The zero-order valence-electron chi connectivity index (χ0n) is 8.36. The van der Waals surface area contributed by atoms with Gasteiger partial charge in [0.25, 0.3) is 5.91 Å². The lowest BCUT2D eigenvalue weighted by Gasteiger charge is -2.32. The topological polar surface area (TPSA) is 29.5 Å². The summed E-state index contributed by atoms with van der Waals surface area (Å²) >= 11 is 0. The smallest absolute Gasteiger partial charge is 0.255 e. The van der Waals surface area contributed by atoms with Crippen molar-refractivity contribution in [2.24, 2.45) is 0 Å².